The summed E-state index contributed by atoms with van der Waals surface area (Å²) in [6.45, 7) is 0.613. The minimum Gasteiger partial charge on any atom is -0.491 e. The van der Waals surface area contributed by atoms with E-state index in [-0.39, 0.29) is 25.0 Å². The number of H-pyrrole nitrogens is 1. The van der Waals surface area contributed by atoms with Crippen LogP contribution in [0.2, 0.25) is 0 Å². The minimum atomic E-state index is -0.136. The number of carbonyl (C=O) groups excluding carboxylic acids is 1. The van der Waals surface area contributed by atoms with Crippen LogP contribution in [0, 0.1) is 0 Å². The van der Waals surface area contributed by atoms with E-state index in [2.05, 4.69) is 15.5 Å². The number of nitrogens with zero attached hydrogens (tertiary/aromatic N) is 1. The van der Waals surface area contributed by atoms with Crippen molar-refractivity contribution in [1.82, 2.24) is 15.5 Å². The molecule has 23 heavy (non-hydrogen) atoms. The number of aryl methyl sites for hydroxylation is 1. The molecular formula is C17H21N3O3. The van der Waals surface area contributed by atoms with Crippen molar-refractivity contribution in [2.75, 3.05) is 13.2 Å². The number of aromatic nitrogens is 2. The van der Waals surface area contributed by atoms with Gasteiger partial charge in [-0.1, -0.05) is 18.2 Å². The van der Waals surface area contributed by atoms with Gasteiger partial charge in [-0.05, 0) is 25.3 Å². The molecule has 1 aromatic heterocycles. The highest BCUT2D eigenvalue weighted by molar-refractivity contribution is 5.84. The molecule has 1 aliphatic rings. The zero-order chi connectivity index (χ0) is 16.1. The predicted octanol–water partition coefficient (Wildman–Crippen LogP) is 1.52. The first-order chi connectivity index (χ1) is 11.3. The Morgan fingerprint density at radius 3 is 3.17 bits per heavy atom. The number of aliphatic hydroxyl groups is 1. The molecule has 122 valence electrons. The lowest BCUT2D eigenvalue weighted by atomic mass is 9.86. The van der Waals surface area contributed by atoms with E-state index in [4.69, 9.17) is 9.84 Å². The van der Waals surface area contributed by atoms with Crippen LogP contribution in [-0.2, 0) is 17.8 Å². The Morgan fingerprint density at radius 2 is 2.30 bits per heavy atom. The SMILES string of the molecule is O=C(NCc1ccccc1OCCO)C1CCCc2[nH]ncc21. The van der Waals surface area contributed by atoms with Gasteiger partial charge >= 0.3 is 0 Å². The molecule has 2 aromatic rings. The average molecular weight is 315 g/mol. The van der Waals surface area contributed by atoms with Gasteiger partial charge in [-0.15, -0.1) is 0 Å². The highest BCUT2D eigenvalue weighted by Gasteiger charge is 2.27. The molecule has 0 radical (unpaired) electrons. The van der Waals surface area contributed by atoms with Gasteiger partial charge in [0.1, 0.15) is 12.4 Å². The molecule has 3 rings (SSSR count). The van der Waals surface area contributed by atoms with Crippen molar-refractivity contribution in [1.29, 1.82) is 0 Å². The van der Waals surface area contributed by atoms with Crippen LogP contribution in [0.3, 0.4) is 0 Å². The maximum Gasteiger partial charge on any atom is 0.227 e. The molecule has 1 atom stereocenters. The first-order valence-electron chi connectivity index (χ1n) is 7.91. The number of para-hydroxylation sites is 1. The highest BCUT2D eigenvalue weighted by atomic mass is 16.5. The number of aliphatic hydroxyl groups excluding tert-OH is 1. The molecule has 0 spiro atoms. The number of aromatic amines is 1. The Labute approximate surface area is 134 Å². The smallest absolute Gasteiger partial charge is 0.227 e. The molecule has 0 aliphatic heterocycles. The van der Waals surface area contributed by atoms with Gasteiger partial charge in [0, 0.05) is 23.4 Å². The second-order valence-corrected chi connectivity index (χ2v) is 5.65. The van der Waals surface area contributed by atoms with E-state index in [1.54, 1.807) is 6.20 Å². The van der Waals surface area contributed by atoms with Gasteiger partial charge < -0.3 is 15.2 Å². The average Bonchev–Trinajstić information content (AvgIpc) is 3.07. The Morgan fingerprint density at radius 1 is 1.43 bits per heavy atom. The molecule has 1 amide bonds. The van der Waals surface area contributed by atoms with E-state index >= 15 is 0 Å². The molecule has 1 unspecified atom stereocenters. The van der Waals surface area contributed by atoms with E-state index in [1.165, 1.54) is 0 Å². The van der Waals surface area contributed by atoms with Gasteiger partial charge in [0.2, 0.25) is 5.91 Å². The number of carbonyl (C=O) groups is 1. The third kappa shape index (κ3) is 3.53. The first-order valence-corrected chi connectivity index (χ1v) is 7.91. The van der Waals surface area contributed by atoms with Crippen LogP contribution in [0.15, 0.2) is 30.5 Å². The monoisotopic (exact) mass is 315 g/mol. The van der Waals surface area contributed by atoms with Gasteiger partial charge in [-0.3, -0.25) is 9.89 Å². The van der Waals surface area contributed by atoms with Crippen molar-refractivity contribution >= 4 is 5.91 Å². The lowest BCUT2D eigenvalue weighted by Gasteiger charge is -2.21. The van der Waals surface area contributed by atoms with E-state index < -0.39 is 0 Å². The molecule has 1 aromatic carbocycles. The van der Waals surface area contributed by atoms with Crippen molar-refractivity contribution < 1.29 is 14.6 Å². The normalized spacial score (nSPS) is 16.7. The highest BCUT2D eigenvalue weighted by Crippen LogP contribution is 2.30. The van der Waals surface area contributed by atoms with Crippen molar-refractivity contribution in [3.8, 4) is 5.75 Å². The van der Waals surface area contributed by atoms with Crippen molar-refractivity contribution in [2.24, 2.45) is 0 Å². The van der Waals surface area contributed by atoms with Crippen LogP contribution >= 0.6 is 0 Å². The molecule has 0 saturated carbocycles. The van der Waals surface area contributed by atoms with E-state index in [0.29, 0.717) is 12.3 Å². The van der Waals surface area contributed by atoms with Crippen molar-refractivity contribution in [3.63, 3.8) is 0 Å². The predicted molar refractivity (Wildman–Crippen MR) is 85.1 cm³/mol. The molecule has 1 heterocycles. The molecular weight excluding hydrogens is 294 g/mol. The van der Waals surface area contributed by atoms with Crippen LogP contribution < -0.4 is 10.1 Å². The maximum absolute atomic E-state index is 12.5. The summed E-state index contributed by atoms with van der Waals surface area (Å²) in [5.41, 5.74) is 2.99. The number of nitrogens with one attached hydrogen (secondary N) is 2. The number of hydrogen-bond acceptors (Lipinski definition) is 4. The molecule has 0 saturated heterocycles. The Balaban J connectivity index is 1.64. The summed E-state index contributed by atoms with van der Waals surface area (Å²) in [6.07, 6.45) is 4.55. The Hall–Kier alpha value is -2.34. The summed E-state index contributed by atoms with van der Waals surface area (Å²) < 4.78 is 5.49. The lowest BCUT2D eigenvalue weighted by Crippen LogP contribution is -2.30. The van der Waals surface area contributed by atoms with Gasteiger partial charge in [-0.2, -0.15) is 5.10 Å². The number of fused-ring (bicyclic) bond motifs is 1. The van der Waals surface area contributed by atoms with Crippen LogP contribution in [0.5, 0.6) is 5.75 Å². The van der Waals surface area contributed by atoms with Crippen LogP contribution in [0.1, 0.15) is 35.6 Å². The molecule has 3 N–H and O–H groups in total. The standard InChI is InChI=1S/C17H21N3O3/c21-8-9-23-16-7-2-1-4-12(16)10-18-17(22)13-5-3-6-15-14(13)11-19-20-15/h1-2,4,7,11,13,21H,3,5-6,8-10H2,(H,18,22)(H,19,20). The molecule has 6 heteroatoms. The minimum absolute atomic E-state index is 0.0179. The number of benzene rings is 1. The lowest BCUT2D eigenvalue weighted by molar-refractivity contribution is -0.123. The summed E-state index contributed by atoms with van der Waals surface area (Å²) in [5.74, 6) is 0.571. The molecule has 1 aliphatic carbocycles. The van der Waals surface area contributed by atoms with E-state index in [1.807, 2.05) is 24.3 Å². The zero-order valence-electron chi connectivity index (χ0n) is 12.9. The van der Waals surface area contributed by atoms with Crippen LogP contribution in [-0.4, -0.2) is 34.4 Å². The molecule has 6 nitrogen and oxygen atoms in total. The summed E-state index contributed by atoms with van der Waals surface area (Å²) in [5, 5.41) is 18.9. The fraction of sp³-hybridized carbons (Fsp3) is 0.412. The Bertz CT molecular complexity index is 669. The second kappa shape index (κ2) is 7.28. The van der Waals surface area contributed by atoms with Crippen LogP contribution in [0.25, 0.3) is 0 Å². The number of hydrogen-bond donors (Lipinski definition) is 3. The fourth-order valence-electron chi connectivity index (χ4n) is 2.99. The summed E-state index contributed by atoms with van der Waals surface area (Å²) in [6, 6.07) is 7.53. The van der Waals surface area contributed by atoms with Gasteiger partial charge in [-0.25, -0.2) is 0 Å². The third-order valence-corrected chi connectivity index (χ3v) is 4.14. The molecule has 0 fully saturated rings. The summed E-state index contributed by atoms with van der Waals surface area (Å²) >= 11 is 0. The van der Waals surface area contributed by atoms with Crippen LogP contribution in [0.4, 0.5) is 0 Å². The van der Waals surface area contributed by atoms with E-state index in [0.717, 1.165) is 36.1 Å². The number of amides is 1. The quantitative estimate of drug-likeness (QED) is 0.754. The third-order valence-electron chi connectivity index (χ3n) is 4.14. The van der Waals surface area contributed by atoms with Crippen molar-refractivity contribution in [3.05, 3.63) is 47.3 Å². The van der Waals surface area contributed by atoms with E-state index in [9.17, 15) is 4.79 Å². The topological polar surface area (TPSA) is 87.2 Å². The zero-order valence-corrected chi connectivity index (χ0v) is 12.9. The fourth-order valence-corrected chi connectivity index (χ4v) is 2.99. The summed E-state index contributed by atoms with van der Waals surface area (Å²) in [4.78, 5) is 12.5. The van der Waals surface area contributed by atoms with Gasteiger partial charge in [0.15, 0.2) is 0 Å². The van der Waals surface area contributed by atoms with Gasteiger partial charge in [0.05, 0.1) is 18.7 Å². The first kappa shape index (κ1) is 15.6. The number of rotatable bonds is 6. The summed E-state index contributed by atoms with van der Waals surface area (Å²) in [7, 11) is 0. The maximum atomic E-state index is 12.5. The second-order valence-electron chi connectivity index (χ2n) is 5.65. The number of ether oxygens (including phenoxy) is 1. The van der Waals surface area contributed by atoms with Crippen molar-refractivity contribution in [2.45, 2.75) is 31.7 Å². The molecule has 0 bridgehead atoms. The van der Waals surface area contributed by atoms with Gasteiger partial charge in [0.25, 0.3) is 0 Å². The largest absolute Gasteiger partial charge is 0.491 e. The Kier molecular flexibility index (Phi) is 4.92.